The fourth-order valence-corrected chi connectivity index (χ4v) is 4.44. The number of aryl methyl sites for hydroxylation is 1. The lowest BCUT2D eigenvalue weighted by Crippen LogP contribution is -2.38. The molecule has 0 radical (unpaired) electrons. The van der Waals surface area contributed by atoms with Crippen molar-refractivity contribution in [2.75, 3.05) is 26.2 Å². The van der Waals surface area contributed by atoms with E-state index in [0.717, 1.165) is 11.1 Å². The predicted molar refractivity (Wildman–Crippen MR) is 131 cm³/mol. The van der Waals surface area contributed by atoms with Gasteiger partial charge in [0.2, 0.25) is 5.91 Å². The molecular weight excluding hydrogens is 410 g/mol. The van der Waals surface area contributed by atoms with Crippen LogP contribution >= 0.6 is 0 Å². The molecule has 1 fully saturated rings. The van der Waals surface area contributed by atoms with Crippen molar-refractivity contribution in [3.05, 3.63) is 102 Å². The van der Waals surface area contributed by atoms with Crippen molar-refractivity contribution in [2.45, 2.75) is 13.3 Å². The number of hydrogen-bond acceptors (Lipinski definition) is 3. The first-order valence-corrected chi connectivity index (χ1v) is 11.3. The zero-order chi connectivity index (χ0) is 23.2. The summed E-state index contributed by atoms with van der Waals surface area (Å²) < 4.78 is 0. The van der Waals surface area contributed by atoms with Crippen molar-refractivity contribution in [3.8, 4) is 11.1 Å². The second-order valence-corrected chi connectivity index (χ2v) is 8.48. The number of rotatable bonds is 6. The molecule has 1 aliphatic heterocycles. The zero-order valence-corrected chi connectivity index (χ0v) is 19.0. The summed E-state index contributed by atoms with van der Waals surface area (Å²) in [4.78, 5) is 34.1. The van der Waals surface area contributed by atoms with Gasteiger partial charge in [0.25, 0.3) is 5.91 Å². The van der Waals surface area contributed by atoms with Crippen LogP contribution in [-0.4, -0.2) is 52.8 Å². The van der Waals surface area contributed by atoms with Crippen LogP contribution < -0.4 is 0 Å². The number of amides is 2. The smallest absolute Gasteiger partial charge is 0.254 e. The van der Waals surface area contributed by atoms with Crippen molar-refractivity contribution < 1.29 is 9.59 Å². The first-order valence-electron chi connectivity index (χ1n) is 11.3. The molecule has 1 aliphatic rings. The van der Waals surface area contributed by atoms with Crippen LogP contribution in [0.2, 0.25) is 0 Å². The van der Waals surface area contributed by atoms with Crippen LogP contribution in [-0.2, 0) is 11.2 Å². The molecule has 2 aromatic carbocycles. The monoisotopic (exact) mass is 439 g/mol. The highest BCUT2D eigenvalue weighted by atomic mass is 16.2. The summed E-state index contributed by atoms with van der Waals surface area (Å²) in [6, 6.07) is 20.1. The summed E-state index contributed by atoms with van der Waals surface area (Å²) in [5.41, 5.74) is 5.22. The molecule has 5 heteroatoms. The van der Waals surface area contributed by atoms with Crippen molar-refractivity contribution in [1.29, 1.82) is 0 Å². The first-order chi connectivity index (χ1) is 16.1. The van der Waals surface area contributed by atoms with E-state index in [2.05, 4.69) is 48.8 Å². The van der Waals surface area contributed by atoms with Crippen LogP contribution in [0.4, 0.5) is 0 Å². The van der Waals surface area contributed by atoms with Gasteiger partial charge < -0.3 is 9.80 Å². The standard InChI is InChI=1S/C28H29N3O2/c1-3-15-30-16-17-31(27(32)23-11-13-29-14-12-23)20-25(28(30)33)19-22-8-6-9-24(18-22)26-10-5-4-7-21(26)2/h3-14,18,25H,1,15-17,19-20H2,2H3/t25-/m1/s1. The molecule has 168 valence electrons. The molecule has 2 heterocycles. The van der Waals surface area contributed by atoms with Crippen LogP contribution in [0.15, 0.2) is 85.7 Å². The molecule has 33 heavy (non-hydrogen) atoms. The van der Waals surface area contributed by atoms with Crippen LogP contribution in [0.1, 0.15) is 21.5 Å². The van der Waals surface area contributed by atoms with Crippen molar-refractivity contribution >= 4 is 11.8 Å². The van der Waals surface area contributed by atoms with Gasteiger partial charge in [-0.05, 0) is 47.7 Å². The third kappa shape index (κ3) is 5.20. The maximum absolute atomic E-state index is 13.4. The van der Waals surface area contributed by atoms with Gasteiger partial charge in [-0.25, -0.2) is 0 Å². The van der Waals surface area contributed by atoms with Gasteiger partial charge in [0.15, 0.2) is 0 Å². The van der Waals surface area contributed by atoms with Crippen LogP contribution in [0.3, 0.4) is 0 Å². The number of aromatic nitrogens is 1. The molecule has 0 bridgehead atoms. The summed E-state index contributed by atoms with van der Waals surface area (Å²) >= 11 is 0. The van der Waals surface area contributed by atoms with Gasteiger partial charge in [0, 0.05) is 44.1 Å². The molecule has 1 atom stereocenters. The quantitative estimate of drug-likeness (QED) is 0.536. The second kappa shape index (κ2) is 10.3. The second-order valence-electron chi connectivity index (χ2n) is 8.48. The van der Waals surface area contributed by atoms with Gasteiger partial charge in [-0.15, -0.1) is 6.58 Å². The predicted octanol–water partition coefficient (Wildman–Crippen LogP) is 4.39. The lowest BCUT2D eigenvalue weighted by molar-refractivity contribution is -0.134. The van der Waals surface area contributed by atoms with Crippen molar-refractivity contribution in [3.63, 3.8) is 0 Å². The highest BCUT2D eigenvalue weighted by Gasteiger charge is 2.32. The molecule has 1 saturated heterocycles. The Bertz CT molecular complexity index is 1140. The summed E-state index contributed by atoms with van der Waals surface area (Å²) in [7, 11) is 0. The van der Waals surface area contributed by atoms with Crippen molar-refractivity contribution in [1.82, 2.24) is 14.8 Å². The Hall–Kier alpha value is -3.73. The number of hydrogen-bond donors (Lipinski definition) is 0. The van der Waals surface area contributed by atoms with E-state index in [4.69, 9.17) is 0 Å². The minimum absolute atomic E-state index is 0.0654. The molecule has 5 nitrogen and oxygen atoms in total. The maximum Gasteiger partial charge on any atom is 0.254 e. The highest BCUT2D eigenvalue weighted by molar-refractivity contribution is 5.94. The van der Waals surface area contributed by atoms with E-state index in [1.54, 1.807) is 35.5 Å². The summed E-state index contributed by atoms with van der Waals surface area (Å²) in [5.74, 6) is -0.309. The fraction of sp³-hybridized carbons (Fsp3) is 0.250. The Morgan fingerprint density at radius 1 is 1.09 bits per heavy atom. The van der Waals surface area contributed by atoms with Gasteiger partial charge in [-0.3, -0.25) is 14.6 Å². The maximum atomic E-state index is 13.4. The van der Waals surface area contributed by atoms with E-state index in [9.17, 15) is 9.59 Å². The van der Waals surface area contributed by atoms with E-state index in [0.29, 0.717) is 38.2 Å². The third-order valence-electron chi connectivity index (χ3n) is 6.17. The molecule has 1 aromatic heterocycles. The van der Waals surface area contributed by atoms with E-state index >= 15 is 0 Å². The minimum Gasteiger partial charge on any atom is -0.337 e. The van der Waals surface area contributed by atoms with Crippen LogP contribution in [0.25, 0.3) is 11.1 Å². The normalized spacial score (nSPS) is 16.4. The molecule has 0 spiro atoms. The largest absolute Gasteiger partial charge is 0.337 e. The Labute approximate surface area is 195 Å². The van der Waals surface area contributed by atoms with Gasteiger partial charge in [-0.1, -0.05) is 54.6 Å². The molecule has 0 saturated carbocycles. The Morgan fingerprint density at radius 2 is 1.88 bits per heavy atom. The average molecular weight is 440 g/mol. The molecule has 0 N–H and O–H groups in total. The van der Waals surface area contributed by atoms with Gasteiger partial charge in [0.1, 0.15) is 0 Å². The number of nitrogens with zero attached hydrogens (tertiary/aromatic N) is 3. The van der Waals surface area contributed by atoms with Gasteiger partial charge in [-0.2, -0.15) is 0 Å². The van der Waals surface area contributed by atoms with Crippen LogP contribution in [0, 0.1) is 12.8 Å². The first kappa shape index (κ1) is 22.5. The minimum atomic E-state index is -0.314. The van der Waals surface area contributed by atoms with E-state index in [-0.39, 0.29) is 17.7 Å². The van der Waals surface area contributed by atoms with Crippen molar-refractivity contribution in [2.24, 2.45) is 5.92 Å². The number of carbonyl (C=O) groups excluding carboxylic acids is 2. The number of carbonyl (C=O) groups is 2. The molecule has 0 unspecified atom stereocenters. The lowest BCUT2D eigenvalue weighted by Gasteiger charge is -2.24. The van der Waals surface area contributed by atoms with E-state index < -0.39 is 0 Å². The SMILES string of the molecule is C=CCN1CCN(C(=O)c2ccncc2)C[C@@H](Cc2cccc(-c3ccccc3C)c2)C1=O. The molecule has 2 amide bonds. The summed E-state index contributed by atoms with van der Waals surface area (Å²) in [6.07, 6.45) is 5.56. The molecule has 4 rings (SSSR count). The van der Waals surface area contributed by atoms with Gasteiger partial charge in [0.05, 0.1) is 5.92 Å². The Morgan fingerprint density at radius 3 is 2.64 bits per heavy atom. The van der Waals surface area contributed by atoms with Gasteiger partial charge >= 0.3 is 0 Å². The summed E-state index contributed by atoms with van der Waals surface area (Å²) in [5, 5.41) is 0. The lowest BCUT2D eigenvalue weighted by atomic mass is 9.93. The highest BCUT2D eigenvalue weighted by Crippen LogP contribution is 2.26. The van der Waals surface area contributed by atoms with E-state index in [1.807, 2.05) is 23.1 Å². The average Bonchev–Trinajstić information content (AvgIpc) is 2.99. The third-order valence-corrected chi connectivity index (χ3v) is 6.17. The number of pyridine rings is 1. The fourth-order valence-electron chi connectivity index (χ4n) is 4.44. The number of benzene rings is 2. The topological polar surface area (TPSA) is 53.5 Å². The zero-order valence-electron chi connectivity index (χ0n) is 19.0. The Kier molecular flexibility index (Phi) is 6.98. The molecular formula is C28H29N3O2. The Balaban J connectivity index is 1.60. The molecule has 3 aromatic rings. The molecule has 0 aliphatic carbocycles. The van der Waals surface area contributed by atoms with Crippen LogP contribution in [0.5, 0.6) is 0 Å². The summed E-state index contributed by atoms with van der Waals surface area (Å²) in [6.45, 7) is 7.78. The van der Waals surface area contributed by atoms with E-state index in [1.165, 1.54) is 11.1 Å².